The molecule has 110 heavy (non-hydrogen) atoms. The number of hydrogen-bond acceptors (Lipinski definition) is 1. The van der Waals surface area contributed by atoms with E-state index in [2.05, 4.69) is 0 Å². The van der Waals surface area contributed by atoms with Crippen LogP contribution in [-0.4, -0.2) is 9.13 Å². The van der Waals surface area contributed by atoms with Gasteiger partial charge >= 0.3 is 61.8 Å². The van der Waals surface area contributed by atoms with Crippen molar-refractivity contribution in [1.82, 2.24) is 9.13 Å². The Labute approximate surface area is 595 Å². The monoisotopic (exact) mass is 1570 g/mol. The summed E-state index contributed by atoms with van der Waals surface area (Å²) >= 11 is 0. The Hall–Kier alpha value is -11.6. The van der Waals surface area contributed by atoms with Crippen molar-refractivity contribution in [3.8, 4) is 84.2 Å². The van der Waals surface area contributed by atoms with Gasteiger partial charge in [0.25, 0.3) is 0 Å². The van der Waals surface area contributed by atoms with Crippen molar-refractivity contribution in [3.05, 3.63) is 261 Å². The van der Waals surface area contributed by atoms with Gasteiger partial charge in [0.05, 0.1) is 101 Å². The summed E-state index contributed by atoms with van der Waals surface area (Å²) in [6.45, 7) is 0. The van der Waals surface area contributed by atoms with Crippen molar-refractivity contribution in [2.75, 3.05) is 0 Å². The van der Waals surface area contributed by atoms with E-state index in [0.29, 0.717) is 48.5 Å². The minimum absolute atomic E-state index is 0.218. The molecule has 0 bridgehead atoms. The molecule has 0 spiro atoms. The van der Waals surface area contributed by atoms with Crippen LogP contribution in [0.2, 0.25) is 0 Å². The van der Waals surface area contributed by atoms with E-state index in [1.807, 2.05) is 6.07 Å². The summed E-state index contributed by atoms with van der Waals surface area (Å²) in [5.41, 5.74) is -28.2. The van der Waals surface area contributed by atoms with E-state index in [9.17, 15) is 137 Å². The van der Waals surface area contributed by atoms with Crippen molar-refractivity contribution >= 4 is 43.6 Å². The summed E-state index contributed by atoms with van der Waals surface area (Å²) in [6.07, 6.45) is -54.9. The van der Waals surface area contributed by atoms with Crippen molar-refractivity contribution in [2.24, 2.45) is 0 Å². The van der Waals surface area contributed by atoms with E-state index in [0.717, 1.165) is 114 Å². The maximum absolute atomic E-state index is 14.8. The smallest absolute Gasteiger partial charge is 0.309 e. The van der Waals surface area contributed by atoms with Crippen LogP contribution in [0.1, 0.15) is 61.2 Å². The van der Waals surface area contributed by atoms with Crippen LogP contribution in [0.5, 0.6) is 0 Å². The molecule has 0 unspecified atom stereocenters. The molecule has 3 nitrogen and oxygen atoms in total. The van der Waals surface area contributed by atoms with Gasteiger partial charge in [-0.05, 0) is 225 Å². The summed E-state index contributed by atoms with van der Waals surface area (Å²) in [7, 11) is 0. The Morgan fingerprint density at radius 2 is 0.373 bits per heavy atom. The van der Waals surface area contributed by atoms with Gasteiger partial charge in [-0.3, -0.25) is 0 Å². The SMILES string of the molecule is N#Cc1ccc(-n2c3ccc(-c4cc(C(F)(F)F)cc(C(F)(F)F)c4)cc3c3cc(-c4cc(C(F)(F)F)cc(C(F)(F)F)c4)ccc32)c(-c2cc(-c3cc(C(F)(F)F)cc(C(F)(F)F)c3)ccc2-n2c3ccc(-c4cc(C(F)(F)F)cc(C(F)(F)F)c4)cc3c3cc(-c4cc(C(F)(F)F)cc(C(F)(F)F)c4)ccc32)c1. The fraction of sp³-hybridized carbons (Fsp3) is 0.130. The molecule has 0 aliphatic carbocycles. The Bertz CT molecular complexity index is 5520. The molecule has 566 valence electrons. The summed E-state index contributed by atoms with van der Waals surface area (Å²) in [5, 5.41) is 9.42. The third-order valence-electron chi connectivity index (χ3n) is 18.0. The molecule has 13 aromatic rings. The quantitative estimate of drug-likeness (QED) is 0.140. The summed E-state index contributed by atoms with van der Waals surface area (Å²) in [5.74, 6) is 0. The lowest BCUT2D eigenvalue weighted by Gasteiger charge is -2.21. The summed E-state index contributed by atoms with van der Waals surface area (Å²) in [6, 6.07) is 21.5. The molecule has 0 aliphatic rings. The topological polar surface area (TPSA) is 33.6 Å². The lowest BCUT2D eigenvalue weighted by atomic mass is 9.93. The lowest BCUT2D eigenvalue weighted by Crippen LogP contribution is -2.11. The minimum Gasteiger partial charge on any atom is -0.309 e. The van der Waals surface area contributed by atoms with E-state index >= 15 is 0 Å². The molecule has 11 aromatic carbocycles. The van der Waals surface area contributed by atoms with E-state index in [4.69, 9.17) is 0 Å². The van der Waals surface area contributed by atoms with Gasteiger partial charge in [0.1, 0.15) is 0 Å². The zero-order valence-corrected chi connectivity index (χ0v) is 53.7. The molecular formula is C77H33F30N3. The first kappa shape index (κ1) is 76.6. The molecule has 0 saturated carbocycles. The molecule has 0 radical (unpaired) electrons. The van der Waals surface area contributed by atoms with E-state index in [1.54, 1.807) is 0 Å². The average Bonchev–Trinajstić information content (AvgIpc) is 1.55. The van der Waals surface area contributed by atoms with Gasteiger partial charge < -0.3 is 9.13 Å². The fourth-order valence-electron chi connectivity index (χ4n) is 13.0. The fourth-order valence-corrected chi connectivity index (χ4v) is 13.0. The number of rotatable bonds is 8. The first-order valence-corrected chi connectivity index (χ1v) is 31.1. The van der Waals surface area contributed by atoms with E-state index in [1.165, 1.54) is 4.57 Å². The van der Waals surface area contributed by atoms with Crippen molar-refractivity contribution in [2.45, 2.75) is 61.8 Å². The van der Waals surface area contributed by atoms with Crippen LogP contribution in [0.15, 0.2) is 200 Å². The predicted octanol–water partition coefficient (Wildman–Crippen LogP) is 27.9. The van der Waals surface area contributed by atoms with Crippen molar-refractivity contribution in [1.29, 1.82) is 5.26 Å². The van der Waals surface area contributed by atoms with Crippen molar-refractivity contribution < 1.29 is 132 Å². The van der Waals surface area contributed by atoms with Gasteiger partial charge in [-0.2, -0.15) is 137 Å². The number of aromatic nitrogens is 2. The highest BCUT2D eigenvalue weighted by Gasteiger charge is 2.43. The molecular weight excluding hydrogens is 1540 g/mol. The molecule has 33 heteroatoms. The molecule has 13 rings (SSSR count). The number of halogens is 30. The minimum atomic E-state index is -5.54. The van der Waals surface area contributed by atoms with Crippen LogP contribution in [0.3, 0.4) is 0 Å². The molecule has 2 aromatic heterocycles. The van der Waals surface area contributed by atoms with Crippen LogP contribution in [0.4, 0.5) is 132 Å². The Morgan fingerprint density at radius 1 is 0.191 bits per heavy atom. The number of fused-ring (bicyclic) bond motifs is 6. The molecule has 0 aliphatic heterocycles. The number of nitrogens with zero attached hydrogens (tertiary/aromatic N) is 3. The average molecular weight is 1570 g/mol. The molecule has 2 heterocycles. The highest BCUT2D eigenvalue weighted by molar-refractivity contribution is 6.14. The third-order valence-corrected chi connectivity index (χ3v) is 18.0. The largest absolute Gasteiger partial charge is 0.416 e. The zero-order valence-electron chi connectivity index (χ0n) is 53.7. The second-order valence-corrected chi connectivity index (χ2v) is 25.1. The number of benzene rings is 11. The van der Waals surface area contributed by atoms with Crippen molar-refractivity contribution in [3.63, 3.8) is 0 Å². The predicted molar refractivity (Wildman–Crippen MR) is 342 cm³/mol. The lowest BCUT2D eigenvalue weighted by molar-refractivity contribution is -0.144. The van der Waals surface area contributed by atoms with Gasteiger partial charge in [-0.15, -0.1) is 0 Å². The molecule has 0 N–H and O–H groups in total. The first-order chi connectivity index (χ1) is 50.7. The van der Waals surface area contributed by atoms with Crippen LogP contribution in [0.25, 0.3) is 122 Å². The number of alkyl halides is 30. The molecule has 0 amide bonds. The van der Waals surface area contributed by atoms with Crippen LogP contribution >= 0.6 is 0 Å². The van der Waals surface area contributed by atoms with Gasteiger partial charge in [0.2, 0.25) is 0 Å². The van der Waals surface area contributed by atoms with Gasteiger partial charge in [-0.1, -0.05) is 30.3 Å². The Kier molecular flexibility index (Phi) is 18.0. The first-order valence-electron chi connectivity index (χ1n) is 31.1. The van der Waals surface area contributed by atoms with Crippen LogP contribution in [-0.2, 0) is 61.8 Å². The second-order valence-electron chi connectivity index (χ2n) is 25.1. The van der Waals surface area contributed by atoms with Gasteiger partial charge in [0, 0.05) is 32.7 Å². The number of hydrogen-bond donors (Lipinski definition) is 0. The van der Waals surface area contributed by atoms with Crippen LogP contribution < -0.4 is 0 Å². The number of nitriles is 1. The Balaban J connectivity index is 1.17. The third kappa shape index (κ3) is 14.7. The maximum atomic E-state index is 14.8. The highest BCUT2D eigenvalue weighted by atomic mass is 19.4. The zero-order chi connectivity index (χ0) is 80.2. The van der Waals surface area contributed by atoms with E-state index in [-0.39, 0.29) is 97.5 Å². The maximum Gasteiger partial charge on any atom is 0.416 e. The normalized spacial score (nSPS) is 13.4. The summed E-state index contributed by atoms with van der Waals surface area (Å²) in [4.78, 5) is 0. The standard InChI is InChI=1S/C77H33F30N3/c78-68(79,80)46-14-41(15-47(29-46)69(81,82)83)36-2-8-63(110-66-11-5-39(44-20-52(74(96,97)98)32-53(21-44)75(99,100)101)27-60(66)61-28-40(6-12-67(61)110)45-22-54(76(102,103)104)33-55(23-45)77(105,106)107)57(24-36)56-13-35(34-108)1-7-62(56)109-64-9-3-37(42-16-48(70(84,85)86)30-49(17-42)71(87,88)89)25-58(64)59-26-38(4-10-65(59)109)43-18-50(72(90,91)92)31-51(19-43)73(93,94)95/h1-33H. The molecule has 0 fully saturated rings. The van der Waals surface area contributed by atoms with Gasteiger partial charge in [0.15, 0.2) is 0 Å². The highest BCUT2D eigenvalue weighted by Crippen LogP contribution is 2.51. The van der Waals surface area contributed by atoms with Crippen LogP contribution in [0, 0.1) is 11.3 Å². The van der Waals surface area contributed by atoms with E-state index < -0.39 is 190 Å². The van der Waals surface area contributed by atoms with Gasteiger partial charge in [-0.25, -0.2) is 0 Å². The summed E-state index contributed by atoms with van der Waals surface area (Å²) < 4.78 is 438. The Morgan fingerprint density at radius 3 is 0.573 bits per heavy atom. The molecule has 0 saturated heterocycles. The second kappa shape index (κ2) is 25.8. The molecule has 0 atom stereocenters.